The molecule has 2 bridgehead atoms. The van der Waals surface area contributed by atoms with Gasteiger partial charge in [-0.2, -0.15) is 5.10 Å². The number of sulfone groups is 1. The normalized spacial score (nSPS) is 25.3. The van der Waals surface area contributed by atoms with E-state index in [4.69, 9.17) is 11.6 Å². The Labute approximate surface area is 216 Å². The predicted molar refractivity (Wildman–Crippen MR) is 129 cm³/mol. The van der Waals surface area contributed by atoms with Crippen LogP contribution in [0.5, 0.6) is 0 Å². The van der Waals surface area contributed by atoms with Crippen LogP contribution < -0.4 is 5.32 Å². The summed E-state index contributed by atoms with van der Waals surface area (Å²) >= 11 is 6.25. The Morgan fingerprint density at radius 3 is 2.38 bits per heavy atom. The summed E-state index contributed by atoms with van der Waals surface area (Å²) in [5.74, 6) is -5.97. The fourth-order valence-electron chi connectivity index (χ4n) is 5.65. The first-order chi connectivity index (χ1) is 17.5. The quantitative estimate of drug-likeness (QED) is 0.435. The molecular formula is C25H23ClF3N3O4S. The number of aromatic nitrogens is 2. The molecule has 3 unspecified atom stereocenters. The highest BCUT2D eigenvalue weighted by molar-refractivity contribution is 7.92. The number of fused-ring (bicyclic) bond motifs is 2. The zero-order valence-electron chi connectivity index (χ0n) is 19.4. The van der Waals surface area contributed by atoms with Crippen LogP contribution in [0.15, 0.2) is 53.7 Å². The standard InChI is InChI=1S/C25H23ClF3N3O4S/c26-19-5-2-14(24(33)31-17-11-20(27)23(29)21(28)12-17)8-22(19)37(35,36)18-9-15-3-4-16(10-18)25(15,34)13-32-7-1-6-30-32/h1-2,5-8,11-12,15-16,18,34H,3-4,9-10,13H2,(H,31,33)/t15-,16?,18?,25?/m0/s1. The van der Waals surface area contributed by atoms with Gasteiger partial charge in [-0.3, -0.25) is 9.48 Å². The average molecular weight is 554 g/mol. The second kappa shape index (κ2) is 9.45. The van der Waals surface area contributed by atoms with E-state index in [2.05, 4.69) is 10.4 Å². The number of aliphatic hydroxyl groups is 1. The SMILES string of the molecule is O=C(Nc1cc(F)c(F)c(F)c1)c1ccc(Cl)c(S(=O)(=O)C2CC3CC[C@@H](C2)C3(O)Cn2cccn2)c1. The molecule has 0 radical (unpaired) electrons. The van der Waals surface area contributed by atoms with E-state index in [1.165, 1.54) is 12.1 Å². The lowest BCUT2D eigenvalue weighted by molar-refractivity contribution is -0.0735. The molecule has 2 aromatic carbocycles. The number of anilines is 1. The van der Waals surface area contributed by atoms with Crippen LogP contribution in [0, 0.1) is 29.3 Å². The molecule has 1 aromatic heterocycles. The van der Waals surface area contributed by atoms with Gasteiger partial charge in [-0.1, -0.05) is 11.6 Å². The van der Waals surface area contributed by atoms with Crippen LogP contribution in [-0.2, 0) is 16.4 Å². The molecule has 37 heavy (non-hydrogen) atoms. The van der Waals surface area contributed by atoms with Crippen molar-refractivity contribution in [1.29, 1.82) is 0 Å². The summed E-state index contributed by atoms with van der Waals surface area (Å²) in [6.07, 6.45) is 5.22. The summed E-state index contributed by atoms with van der Waals surface area (Å²) in [5, 5.41) is 17.0. The number of amides is 1. The minimum absolute atomic E-state index is 0.0693. The highest BCUT2D eigenvalue weighted by Gasteiger charge is 2.56. The van der Waals surface area contributed by atoms with Gasteiger partial charge in [-0.05, 0) is 61.8 Å². The van der Waals surface area contributed by atoms with E-state index in [0.29, 0.717) is 25.0 Å². The Hall–Kier alpha value is -2.89. The Morgan fingerprint density at radius 1 is 1.14 bits per heavy atom. The molecule has 0 aliphatic heterocycles. The number of halogens is 4. The first-order valence-corrected chi connectivity index (χ1v) is 13.6. The molecule has 1 amide bonds. The van der Waals surface area contributed by atoms with Crippen molar-refractivity contribution in [3.8, 4) is 0 Å². The van der Waals surface area contributed by atoms with Crippen LogP contribution in [0.25, 0.3) is 0 Å². The first kappa shape index (κ1) is 25.7. The molecule has 196 valence electrons. The maximum absolute atomic E-state index is 13.7. The monoisotopic (exact) mass is 553 g/mol. The topological polar surface area (TPSA) is 101 Å². The molecule has 2 N–H and O–H groups in total. The molecule has 2 aliphatic rings. The number of nitrogens with one attached hydrogen (secondary N) is 1. The predicted octanol–water partition coefficient (Wildman–Crippen LogP) is 4.60. The van der Waals surface area contributed by atoms with E-state index >= 15 is 0 Å². The number of rotatable bonds is 6. The van der Waals surface area contributed by atoms with Crippen LogP contribution in [0.3, 0.4) is 0 Å². The molecule has 5 rings (SSSR count). The second-order valence-corrected chi connectivity index (χ2v) is 12.3. The summed E-state index contributed by atoms with van der Waals surface area (Å²) in [4.78, 5) is 12.5. The lowest BCUT2D eigenvalue weighted by Gasteiger charge is -2.42. The lowest BCUT2D eigenvalue weighted by atomic mass is 9.74. The minimum atomic E-state index is -3.99. The van der Waals surface area contributed by atoms with Crippen molar-refractivity contribution in [1.82, 2.24) is 9.78 Å². The fraction of sp³-hybridized carbons (Fsp3) is 0.360. The van der Waals surface area contributed by atoms with E-state index in [1.807, 2.05) is 0 Å². The molecule has 2 aliphatic carbocycles. The number of hydrogen-bond acceptors (Lipinski definition) is 5. The maximum atomic E-state index is 13.7. The van der Waals surface area contributed by atoms with E-state index in [-0.39, 0.29) is 52.4 Å². The van der Waals surface area contributed by atoms with Gasteiger partial charge in [0.1, 0.15) is 0 Å². The Bertz CT molecular complexity index is 1430. The van der Waals surface area contributed by atoms with Crippen molar-refractivity contribution < 1.29 is 31.5 Å². The molecule has 7 nitrogen and oxygen atoms in total. The molecule has 12 heteroatoms. The largest absolute Gasteiger partial charge is 0.387 e. The molecule has 0 saturated heterocycles. The van der Waals surface area contributed by atoms with E-state index < -0.39 is 44.0 Å². The number of hydrogen-bond donors (Lipinski definition) is 2. The summed E-state index contributed by atoms with van der Waals surface area (Å²) in [7, 11) is -3.99. The van der Waals surface area contributed by atoms with Crippen LogP contribution in [0.4, 0.5) is 18.9 Å². The van der Waals surface area contributed by atoms with Gasteiger partial charge < -0.3 is 10.4 Å². The number of benzene rings is 2. The van der Waals surface area contributed by atoms with E-state index in [1.54, 1.807) is 23.1 Å². The molecule has 2 saturated carbocycles. The van der Waals surface area contributed by atoms with Crippen molar-refractivity contribution in [3.05, 3.63) is 76.8 Å². The molecule has 3 aromatic rings. The molecule has 1 heterocycles. The number of nitrogens with zero attached hydrogens (tertiary/aromatic N) is 2. The third-order valence-corrected chi connectivity index (χ3v) is 10.2. The molecule has 4 atom stereocenters. The van der Waals surface area contributed by atoms with E-state index in [0.717, 1.165) is 6.07 Å². The smallest absolute Gasteiger partial charge is 0.255 e. The lowest BCUT2D eigenvalue weighted by Crippen LogP contribution is -2.50. The minimum Gasteiger partial charge on any atom is -0.387 e. The highest BCUT2D eigenvalue weighted by Crippen LogP contribution is 2.52. The summed E-state index contributed by atoms with van der Waals surface area (Å²) in [6.45, 7) is 0.281. The Morgan fingerprint density at radius 2 is 1.78 bits per heavy atom. The third-order valence-electron chi connectivity index (χ3n) is 7.53. The van der Waals surface area contributed by atoms with Gasteiger partial charge >= 0.3 is 0 Å². The molecule has 2 fully saturated rings. The Kier molecular flexibility index (Phi) is 6.57. The summed E-state index contributed by atoms with van der Waals surface area (Å²) < 4.78 is 69.2. The van der Waals surface area contributed by atoms with Gasteiger partial charge in [0.25, 0.3) is 5.91 Å². The van der Waals surface area contributed by atoms with Crippen LogP contribution in [-0.4, -0.2) is 40.1 Å². The third kappa shape index (κ3) is 4.64. The van der Waals surface area contributed by atoms with Crippen molar-refractivity contribution in [2.75, 3.05) is 5.32 Å². The molecular weight excluding hydrogens is 531 g/mol. The van der Waals surface area contributed by atoms with Crippen LogP contribution in [0.2, 0.25) is 5.02 Å². The molecule has 0 spiro atoms. The van der Waals surface area contributed by atoms with Crippen molar-refractivity contribution >= 4 is 33.0 Å². The van der Waals surface area contributed by atoms with Gasteiger partial charge in [0.05, 0.1) is 27.3 Å². The van der Waals surface area contributed by atoms with Crippen LogP contribution >= 0.6 is 11.6 Å². The van der Waals surface area contributed by atoms with Gasteiger partial charge in [0.2, 0.25) is 0 Å². The first-order valence-electron chi connectivity index (χ1n) is 11.7. The summed E-state index contributed by atoms with van der Waals surface area (Å²) in [5.41, 5.74) is -1.51. The van der Waals surface area contributed by atoms with Crippen molar-refractivity contribution in [2.24, 2.45) is 11.8 Å². The van der Waals surface area contributed by atoms with Gasteiger partial charge in [0.15, 0.2) is 27.3 Å². The van der Waals surface area contributed by atoms with Crippen LogP contribution in [0.1, 0.15) is 36.0 Å². The number of carbonyl (C=O) groups excluding carboxylic acids is 1. The highest BCUT2D eigenvalue weighted by atomic mass is 35.5. The Balaban J connectivity index is 1.38. The zero-order valence-corrected chi connectivity index (χ0v) is 20.9. The van der Waals surface area contributed by atoms with Gasteiger partial charge in [-0.25, -0.2) is 21.6 Å². The average Bonchev–Trinajstić information content (AvgIpc) is 3.36. The van der Waals surface area contributed by atoms with Gasteiger partial charge in [-0.15, -0.1) is 0 Å². The second-order valence-electron chi connectivity index (χ2n) is 9.66. The van der Waals surface area contributed by atoms with E-state index in [9.17, 15) is 31.5 Å². The van der Waals surface area contributed by atoms with Gasteiger partial charge in [0, 0.05) is 35.8 Å². The fourth-order valence-corrected chi connectivity index (χ4v) is 8.05. The number of carbonyl (C=O) groups is 1. The zero-order chi connectivity index (χ0) is 26.5. The summed E-state index contributed by atoms with van der Waals surface area (Å²) in [6, 6.07) is 6.66. The van der Waals surface area contributed by atoms with Crippen molar-refractivity contribution in [3.63, 3.8) is 0 Å². The maximum Gasteiger partial charge on any atom is 0.255 e. The van der Waals surface area contributed by atoms with Crippen molar-refractivity contribution in [2.45, 2.75) is 48.0 Å².